The van der Waals surface area contributed by atoms with Crippen LogP contribution in [0.3, 0.4) is 0 Å². The van der Waals surface area contributed by atoms with Gasteiger partial charge in [0, 0.05) is 13.2 Å². The van der Waals surface area contributed by atoms with Crippen molar-refractivity contribution in [2.45, 2.75) is 91.1 Å². The molecule has 32 heavy (non-hydrogen) atoms. The molecule has 0 aromatic heterocycles. The van der Waals surface area contributed by atoms with Gasteiger partial charge in [0.1, 0.15) is 12.4 Å². The van der Waals surface area contributed by atoms with Crippen LogP contribution in [-0.4, -0.2) is 26.4 Å². The highest BCUT2D eigenvalue weighted by atomic mass is 17.2. The zero-order valence-electron chi connectivity index (χ0n) is 20.6. The zero-order chi connectivity index (χ0) is 22.4. The van der Waals surface area contributed by atoms with Gasteiger partial charge in [0.2, 0.25) is 0 Å². The van der Waals surface area contributed by atoms with Gasteiger partial charge < -0.3 is 9.47 Å². The molecule has 0 bridgehead atoms. The molecule has 3 rings (SSSR count). The maximum atomic E-state index is 6.01. The molecule has 4 heteroatoms. The molecule has 0 heterocycles. The van der Waals surface area contributed by atoms with Crippen molar-refractivity contribution in [1.82, 2.24) is 0 Å². The Balaban J connectivity index is 1.20. The van der Waals surface area contributed by atoms with Gasteiger partial charge in [-0.3, -0.25) is 0 Å². The Labute approximate surface area is 196 Å². The van der Waals surface area contributed by atoms with Gasteiger partial charge in [-0.25, -0.2) is 9.78 Å². The van der Waals surface area contributed by atoms with E-state index in [0.717, 1.165) is 48.9 Å². The highest BCUT2D eigenvalue weighted by Gasteiger charge is 2.22. The molecule has 2 fully saturated rings. The Morgan fingerprint density at radius 2 is 1.34 bits per heavy atom. The lowest BCUT2D eigenvalue weighted by atomic mass is 9.83. The molecule has 2 aliphatic carbocycles. The van der Waals surface area contributed by atoms with Crippen LogP contribution in [0.4, 0.5) is 0 Å². The van der Waals surface area contributed by atoms with E-state index in [2.05, 4.69) is 38.1 Å². The molecule has 0 aliphatic heterocycles. The topological polar surface area (TPSA) is 36.9 Å². The van der Waals surface area contributed by atoms with Crippen molar-refractivity contribution in [3.8, 4) is 5.75 Å². The van der Waals surface area contributed by atoms with Crippen molar-refractivity contribution < 1.29 is 19.2 Å². The Morgan fingerprint density at radius 3 is 2.03 bits per heavy atom. The minimum atomic E-state index is 0.488. The second-order valence-corrected chi connectivity index (χ2v) is 10.3. The largest absolute Gasteiger partial charge is 0.493 e. The van der Waals surface area contributed by atoms with Crippen LogP contribution in [0.2, 0.25) is 0 Å². The average molecular weight is 447 g/mol. The lowest BCUT2D eigenvalue weighted by molar-refractivity contribution is -0.311. The van der Waals surface area contributed by atoms with Crippen LogP contribution in [0.15, 0.2) is 24.3 Å². The number of benzene rings is 1. The van der Waals surface area contributed by atoms with Gasteiger partial charge in [-0.1, -0.05) is 51.7 Å². The van der Waals surface area contributed by atoms with Crippen molar-refractivity contribution >= 4 is 0 Å². The summed E-state index contributed by atoms with van der Waals surface area (Å²) < 4.78 is 11.9. The van der Waals surface area contributed by atoms with E-state index in [1.807, 2.05) is 0 Å². The summed E-state index contributed by atoms with van der Waals surface area (Å²) in [5.74, 6) is 3.92. The molecule has 182 valence electrons. The van der Waals surface area contributed by atoms with Crippen molar-refractivity contribution in [2.24, 2.45) is 23.7 Å². The van der Waals surface area contributed by atoms with Crippen LogP contribution in [-0.2, 0) is 21.1 Å². The Bertz CT molecular complexity index is 586. The molecule has 2 saturated carbocycles. The first-order chi connectivity index (χ1) is 15.7. The molecule has 0 saturated heterocycles. The van der Waals surface area contributed by atoms with Crippen molar-refractivity contribution in [3.63, 3.8) is 0 Å². The van der Waals surface area contributed by atoms with Gasteiger partial charge in [0.25, 0.3) is 0 Å². The average Bonchev–Trinajstić information content (AvgIpc) is 2.83. The van der Waals surface area contributed by atoms with Crippen molar-refractivity contribution in [2.75, 3.05) is 26.4 Å². The molecular formula is C28H46O4. The molecule has 0 radical (unpaired) electrons. The first kappa shape index (κ1) is 25.5. The second-order valence-electron chi connectivity index (χ2n) is 10.3. The smallest absolute Gasteiger partial charge is 0.119 e. The zero-order valence-corrected chi connectivity index (χ0v) is 20.6. The fourth-order valence-electron chi connectivity index (χ4n) is 4.91. The monoisotopic (exact) mass is 446 g/mol. The molecule has 0 amide bonds. The van der Waals surface area contributed by atoms with E-state index in [1.165, 1.54) is 70.6 Å². The Morgan fingerprint density at radius 1 is 0.719 bits per heavy atom. The van der Waals surface area contributed by atoms with E-state index in [1.54, 1.807) is 0 Å². The maximum Gasteiger partial charge on any atom is 0.119 e. The summed E-state index contributed by atoms with van der Waals surface area (Å²) in [7, 11) is 0. The third-order valence-corrected chi connectivity index (χ3v) is 7.37. The molecular weight excluding hydrogens is 400 g/mol. The van der Waals surface area contributed by atoms with Gasteiger partial charge in [-0.05, 0) is 86.3 Å². The summed E-state index contributed by atoms with van der Waals surface area (Å²) in [5.41, 5.74) is 1.12. The molecule has 0 atom stereocenters. The van der Waals surface area contributed by atoms with Crippen LogP contribution in [0.5, 0.6) is 5.75 Å². The maximum absolute atomic E-state index is 6.01. The number of unbranched alkanes of at least 4 members (excludes halogenated alkanes) is 2. The van der Waals surface area contributed by atoms with Gasteiger partial charge >= 0.3 is 0 Å². The first-order valence-corrected chi connectivity index (χ1v) is 13.3. The first-order valence-electron chi connectivity index (χ1n) is 13.3. The van der Waals surface area contributed by atoms with Crippen molar-refractivity contribution in [1.29, 1.82) is 0 Å². The lowest BCUT2D eigenvalue weighted by Crippen LogP contribution is -2.22. The standard InChI is InChI=1S/C28H46O4/c1-3-4-5-18-29-19-24-10-12-26(13-11-24)21-31-32-22-27-14-16-28(17-15-27)30-20-25-8-6-23(2)7-9-25/h14-17,23-26H,3-13,18-22H2,1-2H3. The van der Waals surface area contributed by atoms with Gasteiger partial charge in [-0.15, -0.1) is 0 Å². The summed E-state index contributed by atoms with van der Waals surface area (Å²) in [6, 6.07) is 8.26. The third kappa shape index (κ3) is 9.80. The molecule has 0 unspecified atom stereocenters. The minimum absolute atomic E-state index is 0.488. The highest BCUT2D eigenvalue weighted by molar-refractivity contribution is 5.26. The van der Waals surface area contributed by atoms with E-state index in [9.17, 15) is 0 Å². The number of hydrogen-bond acceptors (Lipinski definition) is 4. The third-order valence-electron chi connectivity index (χ3n) is 7.37. The van der Waals surface area contributed by atoms with Crippen LogP contribution in [0.25, 0.3) is 0 Å². The summed E-state index contributed by atoms with van der Waals surface area (Å²) in [5, 5.41) is 0. The van der Waals surface area contributed by atoms with Crippen molar-refractivity contribution in [3.05, 3.63) is 29.8 Å². The summed E-state index contributed by atoms with van der Waals surface area (Å²) in [6.45, 7) is 8.49. The number of ether oxygens (including phenoxy) is 2. The quantitative estimate of drug-likeness (QED) is 0.170. The predicted octanol–water partition coefficient (Wildman–Crippen LogP) is 7.35. The molecule has 2 aliphatic rings. The number of hydrogen-bond donors (Lipinski definition) is 0. The molecule has 1 aromatic rings. The van der Waals surface area contributed by atoms with E-state index < -0.39 is 0 Å². The van der Waals surface area contributed by atoms with Gasteiger partial charge in [-0.2, -0.15) is 0 Å². The van der Waals surface area contributed by atoms with Crippen LogP contribution < -0.4 is 4.74 Å². The normalized spacial score (nSPS) is 26.2. The lowest BCUT2D eigenvalue weighted by Gasteiger charge is -2.27. The van der Waals surface area contributed by atoms with E-state index in [4.69, 9.17) is 19.2 Å². The Kier molecular flexibility index (Phi) is 11.9. The van der Waals surface area contributed by atoms with E-state index >= 15 is 0 Å². The molecule has 0 N–H and O–H groups in total. The van der Waals surface area contributed by atoms with E-state index in [-0.39, 0.29) is 0 Å². The summed E-state index contributed by atoms with van der Waals surface area (Å²) in [6.07, 6.45) is 14.0. The fraction of sp³-hybridized carbons (Fsp3) is 0.786. The summed E-state index contributed by atoms with van der Waals surface area (Å²) in [4.78, 5) is 11.0. The van der Waals surface area contributed by atoms with Gasteiger partial charge in [0.15, 0.2) is 0 Å². The number of rotatable bonds is 14. The van der Waals surface area contributed by atoms with Crippen LogP contribution in [0.1, 0.15) is 90.0 Å². The highest BCUT2D eigenvalue weighted by Crippen LogP contribution is 2.30. The SMILES string of the molecule is CCCCCOCC1CCC(COOCc2ccc(OCC3CCC(C)CC3)cc2)CC1. The summed E-state index contributed by atoms with van der Waals surface area (Å²) >= 11 is 0. The second kappa shape index (κ2) is 14.9. The van der Waals surface area contributed by atoms with E-state index in [0.29, 0.717) is 19.1 Å². The Hall–Kier alpha value is -1.10. The molecule has 4 nitrogen and oxygen atoms in total. The fourth-order valence-corrected chi connectivity index (χ4v) is 4.91. The van der Waals surface area contributed by atoms with Crippen LogP contribution in [0, 0.1) is 23.7 Å². The molecule has 0 spiro atoms. The predicted molar refractivity (Wildman–Crippen MR) is 130 cm³/mol. The minimum Gasteiger partial charge on any atom is -0.493 e. The molecule has 1 aromatic carbocycles. The van der Waals surface area contributed by atoms with Crippen LogP contribution >= 0.6 is 0 Å². The van der Waals surface area contributed by atoms with Gasteiger partial charge in [0.05, 0.1) is 13.2 Å².